The molecule has 0 aliphatic carbocycles. The maximum Gasteiger partial charge on any atom is 0.342 e. The van der Waals surface area contributed by atoms with E-state index in [4.69, 9.17) is 16.3 Å². The number of esters is 1. The van der Waals surface area contributed by atoms with Gasteiger partial charge in [-0.05, 0) is 38.1 Å². The maximum atomic E-state index is 12.6. The zero-order valence-corrected chi connectivity index (χ0v) is 13.3. The first-order valence-electron chi connectivity index (χ1n) is 7.07. The molecule has 0 saturated carbocycles. The van der Waals surface area contributed by atoms with Crippen LogP contribution in [0.3, 0.4) is 0 Å². The lowest BCUT2D eigenvalue weighted by Gasteiger charge is -2.08. The molecule has 7 heteroatoms. The lowest BCUT2D eigenvalue weighted by Crippen LogP contribution is -2.14. The van der Waals surface area contributed by atoms with Gasteiger partial charge in [0, 0.05) is 16.9 Å². The van der Waals surface area contributed by atoms with Gasteiger partial charge in [0.1, 0.15) is 11.3 Å². The molecule has 0 bridgehead atoms. The first-order valence-corrected chi connectivity index (χ1v) is 7.44. The summed E-state index contributed by atoms with van der Waals surface area (Å²) in [7, 11) is 0. The highest BCUT2D eigenvalue weighted by Gasteiger charge is 2.25. The molecule has 1 N–H and O–H groups in total. The Labute approximate surface area is 137 Å². The van der Waals surface area contributed by atoms with Crippen molar-refractivity contribution in [1.29, 1.82) is 0 Å². The number of nitrogens with zero attached hydrogens (tertiary/aromatic N) is 2. The lowest BCUT2D eigenvalue weighted by atomic mass is 10.1. The molecule has 0 saturated heterocycles. The number of ether oxygens (including phenoxy) is 1. The van der Waals surface area contributed by atoms with Crippen molar-refractivity contribution in [3.05, 3.63) is 57.1 Å². The minimum atomic E-state index is -0.507. The molecular formula is C16H14ClN3O3. The topological polar surface area (TPSA) is 77.0 Å². The highest BCUT2D eigenvalue weighted by atomic mass is 35.5. The number of benzene rings is 1. The summed E-state index contributed by atoms with van der Waals surface area (Å²) in [6.07, 6.45) is 1.55. The first-order chi connectivity index (χ1) is 11.0. The van der Waals surface area contributed by atoms with Crippen molar-refractivity contribution in [2.75, 3.05) is 6.61 Å². The second kappa shape index (κ2) is 5.89. The van der Waals surface area contributed by atoms with Crippen molar-refractivity contribution in [1.82, 2.24) is 14.8 Å². The molecule has 0 unspecified atom stereocenters. The molecule has 0 aromatic heterocycles. The number of fused-ring (bicyclic) bond motifs is 1. The van der Waals surface area contributed by atoms with Crippen molar-refractivity contribution >= 4 is 17.6 Å². The maximum absolute atomic E-state index is 12.6. The van der Waals surface area contributed by atoms with Crippen molar-refractivity contribution in [3.8, 4) is 16.9 Å². The molecule has 118 valence electrons. The number of halogens is 1. The van der Waals surface area contributed by atoms with Gasteiger partial charge >= 0.3 is 5.97 Å². The number of carbonyl (C=O) groups is 1. The fraction of sp³-hybridized carbons (Fsp3) is 0.188. The molecule has 1 aromatic carbocycles. The number of hydrogen-bond acceptors (Lipinski definition) is 4. The summed E-state index contributed by atoms with van der Waals surface area (Å²) in [6, 6.07) is 6.73. The van der Waals surface area contributed by atoms with E-state index in [0.717, 1.165) is 0 Å². The van der Waals surface area contributed by atoms with E-state index in [2.05, 4.69) is 10.1 Å². The Hall–Kier alpha value is -2.60. The molecule has 0 radical (unpaired) electrons. The third-order valence-corrected chi connectivity index (χ3v) is 3.73. The van der Waals surface area contributed by atoms with Crippen LogP contribution in [0.5, 0.6) is 0 Å². The van der Waals surface area contributed by atoms with Crippen molar-refractivity contribution < 1.29 is 9.53 Å². The van der Waals surface area contributed by atoms with E-state index in [9.17, 15) is 9.59 Å². The molecule has 23 heavy (non-hydrogen) atoms. The van der Waals surface area contributed by atoms with E-state index in [1.165, 1.54) is 4.68 Å². The van der Waals surface area contributed by atoms with E-state index >= 15 is 0 Å². The Balaban J connectivity index is 2.23. The number of aromatic amines is 1. The van der Waals surface area contributed by atoms with Crippen LogP contribution in [0.1, 0.15) is 23.0 Å². The molecule has 0 spiro atoms. The molecule has 0 fully saturated rings. The Morgan fingerprint density at radius 1 is 1.35 bits per heavy atom. The largest absolute Gasteiger partial charge is 0.462 e. The summed E-state index contributed by atoms with van der Waals surface area (Å²) in [5.74, 6) is -0.507. The zero-order chi connectivity index (χ0) is 16.6. The molecule has 3 rings (SSSR count). The van der Waals surface area contributed by atoms with Gasteiger partial charge in [-0.25, -0.2) is 4.79 Å². The second-order valence-corrected chi connectivity index (χ2v) is 5.40. The van der Waals surface area contributed by atoms with Gasteiger partial charge in [-0.15, -0.1) is 0 Å². The first kappa shape index (κ1) is 15.3. The minimum absolute atomic E-state index is 0.247. The standard InChI is InChI=1S/C16H14ClN3O3/c1-3-23-16(22)13-9(2)18-8-12-14(13)19-20(15(12)21)11-6-4-10(17)5-7-11/h4-8,18H,3H2,1-2H3. The summed E-state index contributed by atoms with van der Waals surface area (Å²) in [5, 5.41) is 4.88. The normalized spacial score (nSPS) is 10.9. The van der Waals surface area contributed by atoms with E-state index in [1.54, 1.807) is 44.3 Å². The highest BCUT2D eigenvalue weighted by Crippen LogP contribution is 2.24. The summed E-state index contributed by atoms with van der Waals surface area (Å²) in [4.78, 5) is 27.6. The molecular weight excluding hydrogens is 318 g/mol. The van der Waals surface area contributed by atoms with Crippen LogP contribution in [0, 0.1) is 6.92 Å². The van der Waals surface area contributed by atoms with E-state index in [0.29, 0.717) is 27.7 Å². The monoisotopic (exact) mass is 331 g/mol. The quantitative estimate of drug-likeness (QED) is 0.749. The lowest BCUT2D eigenvalue weighted by molar-refractivity contribution is 0.0525. The van der Waals surface area contributed by atoms with Crippen LogP contribution in [-0.2, 0) is 4.74 Å². The summed E-state index contributed by atoms with van der Waals surface area (Å²) in [6.45, 7) is 3.71. The summed E-state index contributed by atoms with van der Waals surface area (Å²) >= 11 is 5.87. The zero-order valence-electron chi connectivity index (χ0n) is 12.6. The van der Waals surface area contributed by atoms with Crippen LogP contribution in [0.25, 0.3) is 16.9 Å². The number of aryl methyl sites for hydroxylation is 1. The van der Waals surface area contributed by atoms with Crippen molar-refractivity contribution in [2.45, 2.75) is 13.8 Å². The van der Waals surface area contributed by atoms with Gasteiger partial charge in [0.2, 0.25) is 0 Å². The Kier molecular flexibility index (Phi) is 3.92. The number of carbonyl (C=O) groups excluding carboxylic acids is 1. The van der Waals surface area contributed by atoms with Gasteiger partial charge in [-0.3, -0.25) is 4.79 Å². The van der Waals surface area contributed by atoms with Gasteiger partial charge in [0.15, 0.2) is 0 Å². The van der Waals surface area contributed by atoms with Crippen molar-refractivity contribution in [3.63, 3.8) is 0 Å². The fourth-order valence-corrected chi connectivity index (χ4v) is 2.50. The number of nitrogens with one attached hydrogen (secondary N) is 1. The molecule has 0 atom stereocenters. The van der Waals surface area contributed by atoms with Crippen LogP contribution in [-0.4, -0.2) is 27.3 Å². The molecule has 0 amide bonds. The van der Waals surface area contributed by atoms with E-state index < -0.39 is 5.97 Å². The van der Waals surface area contributed by atoms with Crippen LogP contribution >= 0.6 is 11.6 Å². The van der Waals surface area contributed by atoms with Crippen molar-refractivity contribution in [2.24, 2.45) is 0 Å². The van der Waals surface area contributed by atoms with Gasteiger partial charge < -0.3 is 9.72 Å². The van der Waals surface area contributed by atoms with Crippen LogP contribution in [0.4, 0.5) is 0 Å². The molecule has 2 aliphatic heterocycles. The average molecular weight is 332 g/mol. The predicted molar refractivity (Wildman–Crippen MR) is 86.5 cm³/mol. The Morgan fingerprint density at radius 2 is 2.04 bits per heavy atom. The summed E-state index contributed by atoms with van der Waals surface area (Å²) < 4.78 is 6.31. The van der Waals surface area contributed by atoms with Gasteiger partial charge in [0.25, 0.3) is 5.56 Å². The smallest absolute Gasteiger partial charge is 0.342 e. The average Bonchev–Trinajstić information content (AvgIpc) is 2.85. The number of aromatic nitrogens is 3. The Bertz CT molecular complexity index is 896. The van der Waals surface area contributed by atoms with Gasteiger partial charge in [-0.2, -0.15) is 9.78 Å². The summed E-state index contributed by atoms with van der Waals surface area (Å²) in [5.41, 5.74) is 1.77. The van der Waals surface area contributed by atoms with E-state index in [1.807, 2.05) is 0 Å². The Morgan fingerprint density at radius 3 is 2.70 bits per heavy atom. The van der Waals surface area contributed by atoms with Gasteiger partial charge in [-0.1, -0.05) is 11.6 Å². The van der Waals surface area contributed by atoms with Crippen LogP contribution < -0.4 is 5.56 Å². The predicted octanol–water partition coefficient (Wildman–Crippen LogP) is 2.80. The molecule has 1 aromatic rings. The second-order valence-electron chi connectivity index (χ2n) is 4.96. The number of H-pyrrole nitrogens is 1. The van der Waals surface area contributed by atoms with Gasteiger partial charge in [0.05, 0.1) is 17.9 Å². The molecule has 6 nitrogen and oxygen atoms in total. The number of pyridine rings is 1. The third kappa shape index (κ3) is 2.61. The highest BCUT2D eigenvalue weighted by molar-refractivity contribution is 6.30. The minimum Gasteiger partial charge on any atom is -0.462 e. The molecule has 2 heterocycles. The van der Waals surface area contributed by atoms with Crippen LogP contribution in [0.2, 0.25) is 5.02 Å². The number of rotatable bonds is 3. The number of hydrogen-bond donors (Lipinski definition) is 1. The van der Waals surface area contributed by atoms with Crippen LogP contribution in [0.15, 0.2) is 35.3 Å². The molecule has 2 aliphatic rings. The third-order valence-electron chi connectivity index (χ3n) is 3.47. The SMILES string of the molecule is CCOC(=O)c1c2nn(-c3ccc(Cl)cc3)c(=O)c-2c[nH]c1C. The van der Waals surface area contributed by atoms with E-state index in [-0.39, 0.29) is 17.7 Å². The fourth-order valence-electron chi connectivity index (χ4n) is 2.37.